The van der Waals surface area contributed by atoms with Gasteiger partial charge in [-0.1, -0.05) is 27.7 Å². The molecule has 0 aromatic carbocycles. The second-order valence-electron chi connectivity index (χ2n) is 3.57. The molecular weight excluding hydrogens is 138 g/mol. The first-order valence-electron chi connectivity index (χ1n) is 4.52. The molecule has 0 fully saturated rings. The number of rotatable bonds is 4. The Morgan fingerprint density at radius 2 is 1.64 bits per heavy atom. The second-order valence-corrected chi connectivity index (χ2v) is 3.57. The molecule has 68 valence electrons. The van der Waals surface area contributed by atoms with Gasteiger partial charge in [-0.3, -0.25) is 0 Å². The van der Waals surface area contributed by atoms with Crippen molar-refractivity contribution in [1.82, 2.24) is 0 Å². The van der Waals surface area contributed by atoms with Crippen LogP contribution < -0.4 is 5.06 Å². The lowest BCUT2D eigenvalue weighted by Crippen LogP contribution is -3.14. The first-order chi connectivity index (χ1) is 5.01. The van der Waals surface area contributed by atoms with E-state index in [1.807, 2.05) is 0 Å². The molecule has 0 aromatic heterocycles. The third kappa shape index (κ3) is 1.94. The summed E-state index contributed by atoms with van der Waals surface area (Å²) in [7, 11) is 1.72. The van der Waals surface area contributed by atoms with Crippen LogP contribution >= 0.6 is 0 Å². The van der Waals surface area contributed by atoms with Crippen LogP contribution in [0.5, 0.6) is 0 Å². The Balaban J connectivity index is 4.46. The summed E-state index contributed by atoms with van der Waals surface area (Å²) < 4.78 is 0. The molecule has 0 aliphatic heterocycles. The van der Waals surface area contributed by atoms with Gasteiger partial charge in [0.1, 0.15) is 0 Å². The smallest absolute Gasteiger partial charge is 0.0989 e. The Hall–Kier alpha value is -0.0800. The Bertz CT molecular complexity index is 96.1. The molecule has 1 unspecified atom stereocenters. The third-order valence-electron chi connectivity index (χ3n) is 3.07. The zero-order valence-electron chi connectivity index (χ0n) is 8.40. The molecule has 0 bridgehead atoms. The van der Waals surface area contributed by atoms with E-state index in [-0.39, 0.29) is 5.54 Å². The first kappa shape index (κ1) is 10.9. The van der Waals surface area contributed by atoms with Crippen LogP contribution in [0.2, 0.25) is 0 Å². The van der Waals surface area contributed by atoms with Crippen molar-refractivity contribution in [2.75, 3.05) is 7.05 Å². The summed E-state index contributed by atoms with van der Waals surface area (Å²) in [6, 6.07) is 0. The van der Waals surface area contributed by atoms with Crippen LogP contribution in [0.3, 0.4) is 0 Å². The molecule has 2 heteroatoms. The van der Waals surface area contributed by atoms with Crippen molar-refractivity contribution in [2.45, 2.75) is 46.1 Å². The van der Waals surface area contributed by atoms with Crippen LogP contribution in [0.15, 0.2) is 0 Å². The van der Waals surface area contributed by atoms with Crippen LogP contribution in [0.1, 0.15) is 40.5 Å². The van der Waals surface area contributed by atoms with Gasteiger partial charge in [-0.15, -0.1) is 0 Å². The third-order valence-corrected chi connectivity index (χ3v) is 3.07. The Labute approximate surface area is 70.2 Å². The Kier molecular flexibility index (Phi) is 4.04. The molecule has 0 saturated carbocycles. The number of hydrogen-bond donors (Lipinski definition) is 1. The second kappa shape index (κ2) is 4.07. The van der Waals surface area contributed by atoms with E-state index in [1.165, 1.54) is 0 Å². The predicted molar refractivity (Wildman–Crippen MR) is 48.4 cm³/mol. The highest BCUT2D eigenvalue weighted by Gasteiger charge is 2.34. The molecule has 0 aliphatic rings. The molecule has 1 N–H and O–H groups in total. The fraction of sp³-hybridized carbons (Fsp3) is 1.00. The van der Waals surface area contributed by atoms with Crippen LogP contribution in [0.4, 0.5) is 0 Å². The summed E-state index contributed by atoms with van der Waals surface area (Å²) in [5, 5.41) is 11.7. The van der Waals surface area contributed by atoms with E-state index >= 15 is 0 Å². The zero-order valence-corrected chi connectivity index (χ0v) is 8.40. The van der Waals surface area contributed by atoms with Gasteiger partial charge < -0.3 is 10.3 Å². The molecule has 0 aromatic rings. The highest BCUT2D eigenvalue weighted by Crippen LogP contribution is 2.20. The standard InChI is InChI=1S/C9H21NO/c1-6-9(7-2,8(3)4)10(5)11/h8,10H,6-7H2,1-5H3. The molecule has 0 radical (unpaired) electrons. The van der Waals surface area contributed by atoms with E-state index < -0.39 is 0 Å². The van der Waals surface area contributed by atoms with Crippen molar-refractivity contribution in [1.29, 1.82) is 0 Å². The van der Waals surface area contributed by atoms with Gasteiger partial charge >= 0.3 is 0 Å². The predicted octanol–water partition coefficient (Wildman–Crippen LogP) is 1.21. The monoisotopic (exact) mass is 159 g/mol. The van der Waals surface area contributed by atoms with Gasteiger partial charge in [0.25, 0.3) is 0 Å². The molecule has 0 saturated heterocycles. The highest BCUT2D eigenvalue weighted by molar-refractivity contribution is 4.78. The first-order valence-corrected chi connectivity index (χ1v) is 4.52. The topological polar surface area (TPSA) is 27.5 Å². The van der Waals surface area contributed by atoms with Gasteiger partial charge in [-0.2, -0.15) is 0 Å². The van der Waals surface area contributed by atoms with Crippen molar-refractivity contribution in [3.05, 3.63) is 5.21 Å². The largest absolute Gasteiger partial charge is 0.634 e. The summed E-state index contributed by atoms with van der Waals surface area (Å²) in [6.45, 7) is 8.47. The maximum atomic E-state index is 11.4. The van der Waals surface area contributed by atoms with Crippen molar-refractivity contribution in [3.8, 4) is 0 Å². The van der Waals surface area contributed by atoms with Crippen LogP contribution in [-0.2, 0) is 0 Å². The lowest BCUT2D eigenvalue weighted by atomic mass is 9.81. The summed E-state index contributed by atoms with van der Waals surface area (Å²) in [5.74, 6) is 0.468. The van der Waals surface area contributed by atoms with Gasteiger partial charge in [0.15, 0.2) is 0 Å². The lowest BCUT2D eigenvalue weighted by molar-refractivity contribution is -0.891. The minimum Gasteiger partial charge on any atom is -0.634 e. The number of nitrogens with one attached hydrogen (secondary N) is 1. The Morgan fingerprint density at radius 3 is 1.64 bits per heavy atom. The molecule has 0 amide bonds. The average Bonchev–Trinajstić information content (AvgIpc) is 1.90. The van der Waals surface area contributed by atoms with E-state index in [0.29, 0.717) is 11.0 Å². The van der Waals surface area contributed by atoms with E-state index in [2.05, 4.69) is 27.7 Å². The summed E-state index contributed by atoms with van der Waals surface area (Å²) in [6.07, 6.45) is 1.94. The van der Waals surface area contributed by atoms with Crippen LogP contribution in [0, 0.1) is 11.1 Å². The maximum Gasteiger partial charge on any atom is 0.0989 e. The number of quaternary nitrogens is 1. The minimum atomic E-state index is -0.0556. The van der Waals surface area contributed by atoms with Crippen LogP contribution in [0.25, 0.3) is 0 Å². The van der Waals surface area contributed by atoms with Gasteiger partial charge in [0, 0.05) is 5.92 Å². The van der Waals surface area contributed by atoms with E-state index in [4.69, 9.17) is 0 Å². The Morgan fingerprint density at radius 1 is 1.27 bits per heavy atom. The molecule has 2 nitrogen and oxygen atoms in total. The fourth-order valence-corrected chi connectivity index (χ4v) is 1.97. The van der Waals surface area contributed by atoms with Gasteiger partial charge in [-0.05, 0) is 12.8 Å². The lowest BCUT2D eigenvalue weighted by Gasteiger charge is -2.43. The summed E-state index contributed by atoms with van der Waals surface area (Å²) >= 11 is 0. The quantitative estimate of drug-likeness (QED) is 0.613. The van der Waals surface area contributed by atoms with Gasteiger partial charge in [0.2, 0.25) is 0 Å². The van der Waals surface area contributed by atoms with E-state index in [0.717, 1.165) is 12.8 Å². The molecule has 1 atom stereocenters. The van der Waals surface area contributed by atoms with E-state index in [1.54, 1.807) is 7.05 Å². The molecule has 11 heavy (non-hydrogen) atoms. The number of hydroxylamine groups is 2. The molecule has 0 aliphatic carbocycles. The fourth-order valence-electron chi connectivity index (χ4n) is 1.97. The maximum absolute atomic E-state index is 11.4. The SMILES string of the molecule is CCC(CC)(C(C)C)[NH+](C)[O-]. The zero-order chi connectivity index (χ0) is 9.07. The van der Waals surface area contributed by atoms with Crippen molar-refractivity contribution < 1.29 is 5.06 Å². The van der Waals surface area contributed by atoms with Crippen molar-refractivity contribution in [2.24, 2.45) is 5.92 Å². The average molecular weight is 159 g/mol. The number of hydrogen-bond acceptors (Lipinski definition) is 1. The molecular formula is C9H21NO. The van der Waals surface area contributed by atoms with Crippen molar-refractivity contribution in [3.63, 3.8) is 0 Å². The normalized spacial score (nSPS) is 15.5. The van der Waals surface area contributed by atoms with E-state index in [9.17, 15) is 5.21 Å². The van der Waals surface area contributed by atoms with Gasteiger partial charge in [-0.25, -0.2) is 0 Å². The van der Waals surface area contributed by atoms with Crippen LogP contribution in [-0.4, -0.2) is 12.6 Å². The minimum absolute atomic E-state index is 0.0556. The highest BCUT2D eigenvalue weighted by atomic mass is 16.5. The van der Waals surface area contributed by atoms with Gasteiger partial charge in [0.05, 0.1) is 12.6 Å². The summed E-state index contributed by atoms with van der Waals surface area (Å²) in [5.41, 5.74) is -0.0556. The van der Waals surface area contributed by atoms with Crippen molar-refractivity contribution >= 4 is 0 Å². The summed E-state index contributed by atoms with van der Waals surface area (Å²) in [4.78, 5) is 0. The molecule has 0 rings (SSSR count). The molecule has 0 heterocycles. The molecule has 0 spiro atoms.